The van der Waals surface area contributed by atoms with E-state index in [-0.39, 0.29) is 24.3 Å². The Morgan fingerprint density at radius 1 is 1.11 bits per heavy atom. The fourth-order valence-corrected chi connectivity index (χ4v) is 3.51. The van der Waals surface area contributed by atoms with Gasteiger partial charge < -0.3 is 18.7 Å². The second-order valence-corrected chi connectivity index (χ2v) is 7.26. The molecule has 148 valence electrons. The van der Waals surface area contributed by atoms with E-state index >= 15 is 0 Å². The van der Waals surface area contributed by atoms with Crippen molar-refractivity contribution in [1.82, 2.24) is 20.1 Å². The lowest BCUT2D eigenvalue weighted by Gasteiger charge is -2.36. The lowest BCUT2D eigenvalue weighted by Crippen LogP contribution is -2.46. The Hall–Kier alpha value is -2.94. The van der Waals surface area contributed by atoms with Crippen LogP contribution in [0.4, 0.5) is 5.69 Å². The summed E-state index contributed by atoms with van der Waals surface area (Å²) < 4.78 is 17.6. The number of ether oxygens (including phenoxy) is 1. The molecule has 3 aromatic heterocycles. The second-order valence-electron chi connectivity index (χ2n) is 7.26. The van der Waals surface area contributed by atoms with Gasteiger partial charge in [0.05, 0.1) is 30.6 Å². The van der Waals surface area contributed by atoms with E-state index < -0.39 is 0 Å². The molecule has 1 aliphatic rings. The molecule has 0 N–H and O–H groups in total. The SMILES string of the molecule is Cc1cc(-c2noc(C)c2Cn2ncc(N3C[C@@H](C)O[C@@H](C)C3)cc2=O)no1. The molecular weight excluding hydrogens is 362 g/mol. The van der Waals surface area contributed by atoms with Crippen molar-refractivity contribution >= 4 is 5.69 Å². The van der Waals surface area contributed by atoms with Crippen molar-refractivity contribution in [2.24, 2.45) is 0 Å². The molecule has 0 saturated carbocycles. The molecule has 3 aromatic rings. The highest BCUT2D eigenvalue weighted by molar-refractivity contribution is 5.59. The zero-order valence-corrected chi connectivity index (χ0v) is 16.4. The van der Waals surface area contributed by atoms with Gasteiger partial charge in [0, 0.05) is 30.8 Å². The van der Waals surface area contributed by atoms with Crippen LogP contribution in [0, 0.1) is 13.8 Å². The number of anilines is 1. The molecule has 0 unspecified atom stereocenters. The predicted molar refractivity (Wildman–Crippen MR) is 101 cm³/mol. The monoisotopic (exact) mass is 385 g/mol. The van der Waals surface area contributed by atoms with Crippen LogP contribution in [0.3, 0.4) is 0 Å². The van der Waals surface area contributed by atoms with Gasteiger partial charge in [0.15, 0.2) is 0 Å². The van der Waals surface area contributed by atoms with Crippen LogP contribution in [0.2, 0.25) is 0 Å². The number of aryl methyl sites for hydroxylation is 2. The van der Waals surface area contributed by atoms with Crippen molar-refractivity contribution in [3.63, 3.8) is 0 Å². The Morgan fingerprint density at radius 3 is 2.50 bits per heavy atom. The van der Waals surface area contributed by atoms with Crippen LogP contribution in [0.25, 0.3) is 11.4 Å². The number of hydrogen-bond donors (Lipinski definition) is 0. The lowest BCUT2D eigenvalue weighted by molar-refractivity contribution is -0.00525. The predicted octanol–water partition coefficient (Wildman–Crippen LogP) is 2.17. The summed E-state index contributed by atoms with van der Waals surface area (Å²) in [5.41, 5.74) is 2.50. The molecule has 0 bridgehead atoms. The van der Waals surface area contributed by atoms with E-state index in [0.29, 0.717) is 22.9 Å². The fourth-order valence-electron chi connectivity index (χ4n) is 3.51. The fraction of sp³-hybridized carbons (Fsp3) is 0.474. The minimum absolute atomic E-state index is 0.110. The molecule has 1 saturated heterocycles. The molecule has 1 fully saturated rings. The topological polar surface area (TPSA) is 99.4 Å². The Labute approximate surface area is 161 Å². The summed E-state index contributed by atoms with van der Waals surface area (Å²) >= 11 is 0. The second kappa shape index (κ2) is 7.23. The summed E-state index contributed by atoms with van der Waals surface area (Å²) in [6, 6.07) is 3.39. The van der Waals surface area contributed by atoms with E-state index in [1.807, 2.05) is 13.8 Å². The Kier molecular flexibility index (Phi) is 4.76. The van der Waals surface area contributed by atoms with Gasteiger partial charge in [-0.15, -0.1) is 0 Å². The largest absolute Gasteiger partial charge is 0.372 e. The summed E-state index contributed by atoms with van der Waals surface area (Å²) in [5.74, 6) is 1.29. The molecule has 0 radical (unpaired) electrons. The van der Waals surface area contributed by atoms with Gasteiger partial charge in [-0.25, -0.2) is 4.68 Å². The highest BCUT2D eigenvalue weighted by atomic mass is 16.5. The molecule has 0 aliphatic carbocycles. The van der Waals surface area contributed by atoms with Crippen molar-refractivity contribution in [2.75, 3.05) is 18.0 Å². The van der Waals surface area contributed by atoms with E-state index in [1.54, 1.807) is 32.2 Å². The van der Waals surface area contributed by atoms with Crippen LogP contribution in [-0.4, -0.2) is 45.4 Å². The molecule has 0 aromatic carbocycles. The summed E-state index contributed by atoms with van der Waals surface area (Å²) in [7, 11) is 0. The summed E-state index contributed by atoms with van der Waals surface area (Å²) in [6.07, 6.45) is 1.94. The first-order valence-corrected chi connectivity index (χ1v) is 9.27. The normalized spacial score (nSPS) is 19.9. The molecule has 1 aliphatic heterocycles. The van der Waals surface area contributed by atoms with E-state index in [2.05, 4.69) is 20.3 Å². The first-order valence-electron chi connectivity index (χ1n) is 9.27. The highest BCUT2D eigenvalue weighted by Crippen LogP contribution is 2.25. The van der Waals surface area contributed by atoms with Gasteiger partial charge in [-0.1, -0.05) is 10.3 Å². The molecule has 9 nitrogen and oxygen atoms in total. The van der Waals surface area contributed by atoms with E-state index in [9.17, 15) is 4.79 Å². The van der Waals surface area contributed by atoms with Gasteiger partial charge in [-0.05, 0) is 27.7 Å². The molecule has 9 heteroatoms. The van der Waals surface area contributed by atoms with Crippen LogP contribution >= 0.6 is 0 Å². The van der Waals surface area contributed by atoms with Gasteiger partial charge >= 0.3 is 0 Å². The third-order valence-electron chi connectivity index (χ3n) is 4.80. The maximum atomic E-state index is 12.7. The van der Waals surface area contributed by atoms with Crippen LogP contribution in [-0.2, 0) is 11.3 Å². The molecular formula is C19H23N5O4. The van der Waals surface area contributed by atoms with E-state index in [0.717, 1.165) is 24.3 Å². The van der Waals surface area contributed by atoms with E-state index in [4.69, 9.17) is 13.8 Å². The van der Waals surface area contributed by atoms with Crippen molar-refractivity contribution in [2.45, 2.75) is 46.4 Å². The van der Waals surface area contributed by atoms with Crippen LogP contribution in [0.15, 0.2) is 32.2 Å². The summed E-state index contributed by atoms with van der Waals surface area (Å²) in [5, 5.41) is 12.4. The standard InChI is InChI=1S/C19H23N5O4/c1-11-5-17(21-27-11)19-16(14(4)28-22-19)10-24-18(25)6-15(7-20-24)23-8-12(2)26-13(3)9-23/h5-7,12-13H,8-10H2,1-4H3/t12-,13+. The molecule has 2 atom stereocenters. The van der Waals surface area contributed by atoms with Crippen molar-refractivity contribution in [1.29, 1.82) is 0 Å². The minimum Gasteiger partial charge on any atom is -0.372 e. The Morgan fingerprint density at radius 2 is 1.86 bits per heavy atom. The number of hydrogen-bond acceptors (Lipinski definition) is 8. The summed E-state index contributed by atoms with van der Waals surface area (Å²) in [4.78, 5) is 14.8. The van der Waals surface area contributed by atoms with Crippen LogP contribution in [0.5, 0.6) is 0 Å². The Balaban J connectivity index is 1.60. The van der Waals surface area contributed by atoms with Crippen LogP contribution in [0.1, 0.15) is 30.9 Å². The number of aromatic nitrogens is 4. The first-order chi connectivity index (χ1) is 13.4. The molecule has 0 amide bonds. The zero-order valence-electron chi connectivity index (χ0n) is 16.4. The summed E-state index contributed by atoms with van der Waals surface area (Å²) in [6.45, 7) is 9.37. The molecule has 0 spiro atoms. The van der Waals surface area contributed by atoms with Gasteiger partial charge in [-0.3, -0.25) is 4.79 Å². The smallest absolute Gasteiger partial charge is 0.269 e. The minimum atomic E-state index is -0.188. The number of rotatable bonds is 4. The maximum absolute atomic E-state index is 12.7. The van der Waals surface area contributed by atoms with Gasteiger partial charge in [0.1, 0.15) is 22.9 Å². The average molecular weight is 385 g/mol. The lowest BCUT2D eigenvalue weighted by atomic mass is 10.1. The Bertz CT molecular complexity index is 1030. The quantitative estimate of drug-likeness (QED) is 0.674. The van der Waals surface area contributed by atoms with Gasteiger partial charge in [0.25, 0.3) is 5.56 Å². The number of morpholine rings is 1. The molecule has 28 heavy (non-hydrogen) atoms. The maximum Gasteiger partial charge on any atom is 0.269 e. The van der Waals surface area contributed by atoms with Crippen molar-refractivity contribution < 1.29 is 13.8 Å². The van der Waals surface area contributed by atoms with E-state index in [1.165, 1.54) is 4.68 Å². The van der Waals surface area contributed by atoms with Crippen molar-refractivity contribution in [3.05, 3.63) is 45.8 Å². The molecule has 4 heterocycles. The van der Waals surface area contributed by atoms with Gasteiger partial charge in [-0.2, -0.15) is 5.10 Å². The zero-order chi connectivity index (χ0) is 19.8. The molecule has 4 rings (SSSR count). The average Bonchev–Trinajstić information content (AvgIpc) is 3.22. The van der Waals surface area contributed by atoms with Crippen LogP contribution < -0.4 is 10.5 Å². The van der Waals surface area contributed by atoms with Gasteiger partial charge in [0.2, 0.25) is 0 Å². The number of nitrogens with zero attached hydrogens (tertiary/aromatic N) is 5. The highest BCUT2D eigenvalue weighted by Gasteiger charge is 2.24. The third-order valence-corrected chi connectivity index (χ3v) is 4.80. The van der Waals surface area contributed by atoms with Crippen molar-refractivity contribution in [3.8, 4) is 11.4 Å². The third kappa shape index (κ3) is 3.57. The first kappa shape index (κ1) is 18.4.